The molecule has 1 rings (SSSR count). The van der Waals surface area contributed by atoms with E-state index in [9.17, 15) is 4.79 Å². The number of halogens is 1. The van der Waals surface area contributed by atoms with Crippen LogP contribution in [0.5, 0.6) is 0 Å². The van der Waals surface area contributed by atoms with Gasteiger partial charge in [-0.1, -0.05) is 17.7 Å². The minimum atomic E-state index is -0.0263. The van der Waals surface area contributed by atoms with Crippen molar-refractivity contribution in [3.8, 4) is 0 Å². The lowest BCUT2D eigenvalue weighted by Gasteiger charge is -2.14. The zero-order valence-electron chi connectivity index (χ0n) is 8.03. The van der Waals surface area contributed by atoms with Gasteiger partial charge in [0.15, 0.2) is 0 Å². The first-order valence-electron chi connectivity index (χ1n) is 4.27. The first-order valence-corrected chi connectivity index (χ1v) is 4.65. The molecule has 14 heavy (non-hydrogen) atoms. The molecule has 0 saturated heterocycles. The topological polar surface area (TPSA) is 20.3 Å². The van der Waals surface area contributed by atoms with E-state index in [1.54, 1.807) is 42.3 Å². The molecular weight excluding hydrogens is 198 g/mol. The average molecular weight is 210 g/mol. The Hall–Kier alpha value is -1.28. The van der Waals surface area contributed by atoms with Crippen LogP contribution in [0.25, 0.3) is 0 Å². The third-order valence-electron chi connectivity index (χ3n) is 1.84. The summed E-state index contributed by atoms with van der Waals surface area (Å²) in [7, 11) is 1.73. The van der Waals surface area contributed by atoms with Gasteiger partial charge in [0.1, 0.15) is 0 Å². The smallest absolute Gasteiger partial charge is 0.253 e. The van der Waals surface area contributed by atoms with Gasteiger partial charge < -0.3 is 4.90 Å². The molecule has 0 aliphatic carbocycles. The van der Waals surface area contributed by atoms with E-state index in [1.807, 2.05) is 0 Å². The lowest BCUT2D eigenvalue weighted by molar-refractivity contribution is 0.0810. The number of hydrogen-bond donors (Lipinski definition) is 0. The summed E-state index contributed by atoms with van der Waals surface area (Å²) in [5.74, 6) is -0.0263. The summed E-state index contributed by atoms with van der Waals surface area (Å²) in [6.45, 7) is 4.12. The summed E-state index contributed by atoms with van der Waals surface area (Å²) < 4.78 is 0. The van der Waals surface area contributed by atoms with Crippen molar-refractivity contribution in [1.82, 2.24) is 4.90 Å². The maximum atomic E-state index is 11.7. The Morgan fingerprint density at radius 2 is 2.07 bits per heavy atom. The number of carbonyl (C=O) groups excluding carboxylic acids is 1. The van der Waals surface area contributed by atoms with Gasteiger partial charge in [0.25, 0.3) is 5.91 Å². The van der Waals surface area contributed by atoms with Crippen LogP contribution in [0.4, 0.5) is 0 Å². The molecule has 0 fully saturated rings. The molecule has 0 aliphatic rings. The Morgan fingerprint density at radius 3 is 2.57 bits per heavy atom. The van der Waals surface area contributed by atoms with Crippen molar-refractivity contribution in [2.24, 2.45) is 0 Å². The second-order valence-electron chi connectivity index (χ2n) is 2.98. The molecule has 1 aromatic rings. The quantitative estimate of drug-likeness (QED) is 0.701. The van der Waals surface area contributed by atoms with Gasteiger partial charge in [-0.25, -0.2) is 0 Å². The molecule has 0 aliphatic heterocycles. The largest absolute Gasteiger partial charge is 0.338 e. The second-order valence-corrected chi connectivity index (χ2v) is 3.42. The summed E-state index contributed by atoms with van der Waals surface area (Å²) in [6, 6.07) is 6.83. The van der Waals surface area contributed by atoms with Crippen molar-refractivity contribution in [2.75, 3.05) is 13.6 Å². The average Bonchev–Trinajstić information content (AvgIpc) is 2.18. The highest BCUT2D eigenvalue weighted by atomic mass is 35.5. The number of hydrogen-bond acceptors (Lipinski definition) is 1. The van der Waals surface area contributed by atoms with E-state index in [4.69, 9.17) is 11.6 Å². The van der Waals surface area contributed by atoms with Crippen LogP contribution < -0.4 is 0 Å². The molecule has 0 N–H and O–H groups in total. The van der Waals surface area contributed by atoms with Crippen LogP contribution in [0.15, 0.2) is 36.9 Å². The Kier molecular flexibility index (Phi) is 3.72. The fourth-order valence-corrected chi connectivity index (χ4v) is 1.22. The molecule has 0 saturated carbocycles. The van der Waals surface area contributed by atoms with E-state index in [0.717, 1.165) is 0 Å². The van der Waals surface area contributed by atoms with Gasteiger partial charge in [-0.2, -0.15) is 0 Å². The van der Waals surface area contributed by atoms with E-state index < -0.39 is 0 Å². The molecule has 0 radical (unpaired) electrons. The molecule has 0 bridgehead atoms. The van der Waals surface area contributed by atoms with Gasteiger partial charge >= 0.3 is 0 Å². The molecule has 0 unspecified atom stereocenters. The number of nitrogens with zero attached hydrogens (tertiary/aromatic N) is 1. The highest BCUT2D eigenvalue weighted by molar-refractivity contribution is 6.30. The van der Waals surface area contributed by atoms with Gasteiger partial charge in [0, 0.05) is 24.2 Å². The normalized spacial score (nSPS) is 9.57. The fraction of sp³-hybridized carbons (Fsp3) is 0.182. The van der Waals surface area contributed by atoms with Crippen molar-refractivity contribution in [2.45, 2.75) is 0 Å². The molecule has 74 valence electrons. The lowest BCUT2D eigenvalue weighted by atomic mass is 10.2. The van der Waals surface area contributed by atoms with E-state index in [2.05, 4.69) is 6.58 Å². The molecule has 0 spiro atoms. The minimum absolute atomic E-state index is 0.0263. The van der Waals surface area contributed by atoms with E-state index in [-0.39, 0.29) is 5.91 Å². The lowest BCUT2D eigenvalue weighted by Crippen LogP contribution is -2.26. The van der Waals surface area contributed by atoms with Crippen LogP contribution in [0.3, 0.4) is 0 Å². The summed E-state index contributed by atoms with van der Waals surface area (Å²) in [5.41, 5.74) is 0.638. The van der Waals surface area contributed by atoms with Crippen LogP contribution in [0, 0.1) is 0 Å². The van der Waals surface area contributed by atoms with Gasteiger partial charge in [-0.15, -0.1) is 6.58 Å². The number of likely N-dealkylation sites (N-methyl/N-ethyl adjacent to an activating group) is 1. The monoisotopic (exact) mass is 209 g/mol. The van der Waals surface area contributed by atoms with E-state index >= 15 is 0 Å². The maximum absolute atomic E-state index is 11.7. The zero-order valence-corrected chi connectivity index (χ0v) is 8.79. The SMILES string of the molecule is C=CCN(C)C(=O)c1ccc(Cl)cc1. The van der Waals surface area contributed by atoms with Crippen molar-refractivity contribution in [3.05, 3.63) is 47.5 Å². The summed E-state index contributed by atoms with van der Waals surface area (Å²) in [4.78, 5) is 13.3. The third-order valence-corrected chi connectivity index (χ3v) is 2.09. The Bertz CT molecular complexity index is 332. The highest BCUT2D eigenvalue weighted by Gasteiger charge is 2.09. The van der Waals surface area contributed by atoms with Crippen LogP contribution in [-0.2, 0) is 0 Å². The molecule has 2 nitrogen and oxygen atoms in total. The van der Waals surface area contributed by atoms with E-state index in [1.165, 1.54) is 0 Å². The van der Waals surface area contributed by atoms with Crippen molar-refractivity contribution in [1.29, 1.82) is 0 Å². The summed E-state index contributed by atoms with van der Waals surface area (Å²) in [5, 5.41) is 0.632. The zero-order chi connectivity index (χ0) is 10.6. The van der Waals surface area contributed by atoms with Crippen molar-refractivity contribution >= 4 is 17.5 Å². The number of benzene rings is 1. The van der Waals surface area contributed by atoms with Crippen molar-refractivity contribution in [3.63, 3.8) is 0 Å². The summed E-state index contributed by atoms with van der Waals surface area (Å²) >= 11 is 5.72. The molecule has 1 amide bonds. The number of amides is 1. The Balaban J connectivity index is 2.78. The van der Waals surface area contributed by atoms with Crippen LogP contribution >= 0.6 is 11.6 Å². The van der Waals surface area contributed by atoms with Crippen LogP contribution in [0.1, 0.15) is 10.4 Å². The maximum Gasteiger partial charge on any atom is 0.253 e. The first kappa shape index (κ1) is 10.8. The van der Waals surface area contributed by atoms with E-state index in [0.29, 0.717) is 17.1 Å². The fourth-order valence-electron chi connectivity index (χ4n) is 1.09. The molecule has 1 aromatic carbocycles. The van der Waals surface area contributed by atoms with Crippen molar-refractivity contribution < 1.29 is 4.79 Å². The van der Waals surface area contributed by atoms with Gasteiger partial charge in [-0.3, -0.25) is 4.79 Å². The molecular formula is C11H12ClNO. The standard InChI is InChI=1S/C11H12ClNO/c1-3-8-13(2)11(14)9-4-6-10(12)7-5-9/h3-7H,1,8H2,2H3. The van der Waals surface area contributed by atoms with Gasteiger partial charge in [0.05, 0.1) is 0 Å². The predicted molar refractivity (Wildman–Crippen MR) is 58.6 cm³/mol. The molecule has 0 aromatic heterocycles. The minimum Gasteiger partial charge on any atom is -0.338 e. The van der Waals surface area contributed by atoms with Gasteiger partial charge in [-0.05, 0) is 24.3 Å². The van der Waals surface area contributed by atoms with Crippen LogP contribution in [0.2, 0.25) is 5.02 Å². The number of rotatable bonds is 3. The van der Waals surface area contributed by atoms with Crippen LogP contribution in [-0.4, -0.2) is 24.4 Å². The molecule has 3 heteroatoms. The Morgan fingerprint density at radius 1 is 1.50 bits per heavy atom. The summed E-state index contributed by atoms with van der Waals surface area (Å²) in [6.07, 6.45) is 1.69. The Labute approximate surface area is 88.8 Å². The third kappa shape index (κ3) is 2.60. The highest BCUT2D eigenvalue weighted by Crippen LogP contribution is 2.10. The van der Waals surface area contributed by atoms with Gasteiger partial charge in [0.2, 0.25) is 0 Å². The first-order chi connectivity index (χ1) is 6.65. The number of carbonyl (C=O) groups is 1. The molecule has 0 atom stereocenters. The predicted octanol–water partition coefficient (Wildman–Crippen LogP) is 2.60. The second kappa shape index (κ2) is 4.82. The molecule has 0 heterocycles.